The Morgan fingerprint density at radius 3 is 2.23 bits per heavy atom. The summed E-state index contributed by atoms with van der Waals surface area (Å²) < 4.78 is 5.05. The Labute approximate surface area is 175 Å². The van der Waals surface area contributed by atoms with Gasteiger partial charge in [0.25, 0.3) is 5.91 Å². The summed E-state index contributed by atoms with van der Waals surface area (Å²) in [5, 5.41) is 3.32. The van der Waals surface area contributed by atoms with Crippen LogP contribution >= 0.6 is 11.3 Å². The minimum atomic E-state index is -0.615. The van der Waals surface area contributed by atoms with Crippen molar-refractivity contribution in [2.24, 2.45) is 0 Å². The van der Waals surface area contributed by atoms with Gasteiger partial charge >= 0.3 is 5.97 Å². The lowest BCUT2D eigenvalue weighted by atomic mass is 9.84. The minimum Gasteiger partial charge on any atom is -0.451 e. The second kappa shape index (κ2) is 7.64. The van der Waals surface area contributed by atoms with Gasteiger partial charge in [0.15, 0.2) is 18.2 Å². The standard InChI is InChI=1S/C22H16N2O5S/c1-11-21(30-12(2)23-11)22(28)29-10-18(25)24-13-7-8-16-17(9-13)20(27)15-6-4-3-5-14(15)19(16)26/h3-9H,10H2,1-2H3,(H,24,25). The third-order valence-corrected chi connectivity index (χ3v) is 5.69. The number of aryl methyl sites for hydroxylation is 2. The monoisotopic (exact) mass is 420 g/mol. The number of thiazole rings is 1. The zero-order chi connectivity index (χ0) is 21.4. The Hall–Kier alpha value is -3.65. The highest BCUT2D eigenvalue weighted by atomic mass is 32.1. The lowest BCUT2D eigenvalue weighted by molar-refractivity contribution is -0.119. The van der Waals surface area contributed by atoms with Crippen LogP contribution in [0.15, 0.2) is 42.5 Å². The topological polar surface area (TPSA) is 102 Å². The zero-order valence-corrected chi connectivity index (χ0v) is 17.0. The molecule has 1 aliphatic rings. The number of rotatable bonds is 4. The maximum absolute atomic E-state index is 12.8. The summed E-state index contributed by atoms with van der Waals surface area (Å²) in [6.45, 7) is 2.99. The number of hydrogen-bond acceptors (Lipinski definition) is 7. The number of fused-ring (bicyclic) bond motifs is 2. The van der Waals surface area contributed by atoms with Gasteiger partial charge in [0.1, 0.15) is 4.88 Å². The maximum atomic E-state index is 12.8. The van der Waals surface area contributed by atoms with Gasteiger partial charge < -0.3 is 10.1 Å². The summed E-state index contributed by atoms with van der Waals surface area (Å²) in [6.07, 6.45) is 0. The molecule has 0 atom stereocenters. The first kappa shape index (κ1) is 19.7. The number of amides is 1. The first-order valence-electron chi connectivity index (χ1n) is 9.08. The number of carbonyl (C=O) groups is 4. The van der Waals surface area contributed by atoms with Crippen LogP contribution in [-0.2, 0) is 9.53 Å². The number of carbonyl (C=O) groups excluding carboxylic acids is 4. The predicted octanol–water partition coefficient (Wildman–Crippen LogP) is 3.33. The summed E-state index contributed by atoms with van der Waals surface area (Å²) in [5.41, 5.74) is 2.11. The second-order valence-corrected chi connectivity index (χ2v) is 7.94. The molecule has 1 heterocycles. The van der Waals surface area contributed by atoms with Gasteiger partial charge in [-0.3, -0.25) is 14.4 Å². The Morgan fingerprint density at radius 2 is 1.60 bits per heavy atom. The molecule has 1 amide bonds. The number of ether oxygens (including phenoxy) is 1. The SMILES string of the molecule is Cc1nc(C)c(C(=O)OCC(=O)Nc2ccc3c(c2)C(=O)c2ccccc2C3=O)s1. The van der Waals surface area contributed by atoms with Crippen molar-refractivity contribution in [3.05, 3.63) is 80.3 Å². The molecular weight excluding hydrogens is 404 g/mol. The third kappa shape index (κ3) is 3.53. The number of aromatic nitrogens is 1. The molecule has 1 aliphatic carbocycles. The molecule has 3 aromatic rings. The number of ketones is 2. The van der Waals surface area contributed by atoms with Gasteiger partial charge in [-0.05, 0) is 32.0 Å². The van der Waals surface area contributed by atoms with Crippen molar-refractivity contribution in [3.8, 4) is 0 Å². The van der Waals surface area contributed by atoms with Gasteiger partial charge in [0.05, 0.1) is 10.7 Å². The van der Waals surface area contributed by atoms with Gasteiger partial charge in [-0.1, -0.05) is 24.3 Å². The van der Waals surface area contributed by atoms with Crippen molar-refractivity contribution in [1.29, 1.82) is 0 Å². The Bertz CT molecular complexity index is 1230. The van der Waals surface area contributed by atoms with E-state index in [9.17, 15) is 19.2 Å². The quantitative estimate of drug-likeness (QED) is 0.508. The van der Waals surface area contributed by atoms with Crippen LogP contribution in [0.2, 0.25) is 0 Å². The third-order valence-electron chi connectivity index (χ3n) is 4.63. The molecule has 1 N–H and O–H groups in total. The van der Waals surface area contributed by atoms with E-state index in [4.69, 9.17) is 4.74 Å². The van der Waals surface area contributed by atoms with E-state index in [0.717, 1.165) is 5.01 Å². The first-order valence-corrected chi connectivity index (χ1v) is 9.90. The second-order valence-electron chi connectivity index (χ2n) is 6.74. The molecule has 0 unspecified atom stereocenters. The molecule has 0 fully saturated rings. The van der Waals surface area contributed by atoms with E-state index in [0.29, 0.717) is 32.9 Å². The number of hydrogen-bond donors (Lipinski definition) is 1. The Balaban J connectivity index is 1.46. The van der Waals surface area contributed by atoms with Crippen LogP contribution in [0.25, 0.3) is 0 Å². The van der Waals surface area contributed by atoms with Crippen molar-refractivity contribution in [1.82, 2.24) is 4.98 Å². The fourth-order valence-electron chi connectivity index (χ4n) is 3.29. The number of esters is 1. The molecule has 0 bridgehead atoms. The van der Waals surface area contributed by atoms with Crippen molar-refractivity contribution in [2.45, 2.75) is 13.8 Å². The summed E-state index contributed by atoms with van der Waals surface area (Å²) in [6, 6.07) is 11.1. The van der Waals surface area contributed by atoms with Gasteiger partial charge in [0, 0.05) is 27.9 Å². The van der Waals surface area contributed by atoms with E-state index in [1.165, 1.54) is 29.5 Å². The molecule has 7 nitrogen and oxygen atoms in total. The van der Waals surface area contributed by atoms with Crippen LogP contribution in [-0.4, -0.2) is 35.0 Å². The predicted molar refractivity (Wildman–Crippen MR) is 110 cm³/mol. The minimum absolute atomic E-state index is 0.226. The van der Waals surface area contributed by atoms with Gasteiger partial charge in [-0.25, -0.2) is 9.78 Å². The molecule has 4 rings (SSSR count). The summed E-state index contributed by atoms with van der Waals surface area (Å²) >= 11 is 1.20. The highest BCUT2D eigenvalue weighted by molar-refractivity contribution is 7.13. The van der Waals surface area contributed by atoms with Crippen molar-refractivity contribution in [3.63, 3.8) is 0 Å². The summed E-state index contributed by atoms with van der Waals surface area (Å²) in [7, 11) is 0. The van der Waals surface area contributed by atoms with Crippen LogP contribution in [0, 0.1) is 13.8 Å². The molecule has 8 heteroatoms. The van der Waals surface area contributed by atoms with E-state index >= 15 is 0 Å². The van der Waals surface area contributed by atoms with Crippen molar-refractivity contribution >= 4 is 40.5 Å². The number of nitrogens with zero attached hydrogens (tertiary/aromatic N) is 1. The maximum Gasteiger partial charge on any atom is 0.350 e. The average molecular weight is 420 g/mol. The van der Waals surface area contributed by atoms with Crippen molar-refractivity contribution in [2.75, 3.05) is 11.9 Å². The normalized spacial score (nSPS) is 12.2. The van der Waals surface area contributed by atoms with E-state index in [1.807, 2.05) is 0 Å². The van der Waals surface area contributed by atoms with E-state index < -0.39 is 18.5 Å². The summed E-state index contributed by atoms with van der Waals surface area (Å²) in [4.78, 5) is 54.2. The lowest BCUT2D eigenvalue weighted by Crippen LogP contribution is -2.23. The van der Waals surface area contributed by atoms with Gasteiger partial charge in [0.2, 0.25) is 0 Å². The van der Waals surface area contributed by atoms with E-state index in [1.54, 1.807) is 38.1 Å². The van der Waals surface area contributed by atoms with Crippen molar-refractivity contribution < 1.29 is 23.9 Å². The number of nitrogens with one attached hydrogen (secondary N) is 1. The molecule has 0 radical (unpaired) electrons. The lowest BCUT2D eigenvalue weighted by Gasteiger charge is -2.18. The largest absolute Gasteiger partial charge is 0.451 e. The van der Waals surface area contributed by atoms with E-state index in [2.05, 4.69) is 10.3 Å². The highest BCUT2D eigenvalue weighted by Crippen LogP contribution is 2.29. The molecule has 0 saturated carbocycles. The highest BCUT2D eigenvalue weighted by Gasteiger charge is 2.29. The van der Waals surface area contributed by atoms with Crippen LogP contribution < -0.4 is 5.32 Å². The average Bonchev–Trinajstić information content (AvgIpc) is 3.08. The Morgan fingerprint density at radius 1 is 0.967 bits per heavy atom. The fourth-order valence-corrected chi connectivity index (χ4v) is 4.11. The van der Waals surface area contributed by atoms with E-state index in [-0.39, 0.29) is 17.1 Å². The molecule has 150 valence electrons. The molecular formula is C22H16N2O5S. The molecule has 0 aliphatic heterocycles. The van der Waals surface area contributed by atoms with Crippen LogP contribution in [0.4, 0.5) is 5.69 Å². The van der Waals surface area contributed by atoms with Crippen LogP contribution in [0.1, 0.15) is 52.2 Å². The Kier molecular flexibility index (Phi) is 5.01. The zero-order valence-electron chi connectivity index (χ0n) is 16.1. The smallest absolute Gasteiger partial charge is 0.350 e. The molecule has 2 aromatic carbocycles. The molecule has 1 aromatic heterocycles. The van der Waals surface area contributed by atoms with Crippen LogP contribution in [0.3, 0.4) is 0 Å². The van der Waals surface area contributed by atoms with Gasteiger partial charge in [-0.15, -0.1) is 11.3 Å². The molecule has 0 spiro atoms. The number of anilines is 1. The fraction of sp³-hybridized carbons (Fsp3) is 0.136. The number of benzene rings is 2. The van der Waals surface area contributed by atoms with Crippen LogP contribution in [0.5, 0.6) is 0 Å². The molecule has 0 saturated heterocycles. The molecule has 30 heavy (non-hydrogen) atoms. The summed E-state index contributed by atoms with van der Waals surface area (Å²) in [5.74, 6) is -1.69. The van der Waals surface area contributed by atoms with Gasteiger partial charge in [-0.2, -0.15) is 0 Å². The first-order chi connectivity index (χ1) is 14.3.